The topological polar surface area (TPSA) is 74.5 Å². The van der Waals surface area contributed by atoms with Gasteiger partial charge in [-0.2, -0.15) is 0 Å². The van der Waals surface area contributed by atoms with Crippen LogP contribution in [-0.4, -0.2) is 28.5 Å². The van der Waals surface area contributed by atoms with E-state index in [0.717, 1.165) is 11.8 Å². The highest BCUT2D eigenvalue weighted by molar-refractivity contribution is 7.99. The lowest BCUT2D eigenvalue weighted by atomic mass is 10.3. The van der Waals surface area contributed by atoms with Crippen LogP contribution in [0.25, 0.3) is 0 Å². The average molecular weight is 312 g/mol. The minimum atomic E-state index is -0.464. The highest BCUT2D eigenvalue weighted by Gasteiger charge is 2.11. The zero-order valence-corrected chi connectivity index (χ0v) is 12.1. The fourth-order valence-corrected chi connectivity index (χ4v) is 1.96. The summed E-state index contributed by atoms with van der Waals surface area (Å²) in [5, 5.41) is 7.73. The number of rotatable bonds is 7. The summed E-state index contributed by atoms with van der Waals surface area (Å²) in [6.45, 7) is 2.01. The molecule has 0 bridgehead atoms. The fraction of sp³-hybridized carbons (Fsp3) is 0.308. The lowest BCUT2D eigenvalue weighted by Crippen LogP contribution is -2.06. The number of aromatic nitrogens is 2. The summed E-state index contributed by atoms with van der Waals surface area (Å²) in [5.74, 6) is -0.427. The molecule has 0 atom stereocenters. The Balaban J connectivity index is 1.83. The van der Waals surface area contributed by atoms with Crippen molar-refractivity contribution >= 4 is 17.7 Å². The van der Waals surface area contributed by atoms with Crippen LogP contribution in [0.15, 0.2) is 33.9 Å². The van der Waals surface area contributed by atoms with Gasteiger partial charge in [0, 0.05) is 0 Å². The maximum Gasteiger partial charge on any atom is 0.316 e. The van der Waals surface area contributed by atoms with Crippen molar-refractivity contribution in [3.8, 4) is 5.75 Å². The molecule has 0 fully saturated rings. The number of nitrogens with zero attached hydrogens (tertiary/aromatic N) is 2. The van der Waals surface area contributed by atoms with E-state index in [-0.39, 0.29) is 35.2 Å². The first-order valence-corrected chi connectivity index (χ1v) is 7.15. The molecular weight excluding hydrogens is 299 g/mol. The number of hydrogen-bond acceptors (Lipinski definition) is 7. The van der Waals surface area contributed by atoms with Crippen molar-refractivity contribution in [2.24, 2.45) is 0 Å². The number of benzene rings is 1. The Hall–Kier alpha value is -2.09. The zero-order valence-electron chi connectivity index (χ0n) is 11.2. The molecule has 2 aromatic rings. The maximum absolute atomic E-state index is 13.3. The van der Waals surface area contributed by atoms with Crippen LogP contribution < -0.4 is 4.74 Å². The average Bonchev–Trinajstić information content (AvgIpc) is 2.93. The standard InChI is InChI=1S/C13H13FN2O4S/c1-2-18-12(17)8-21-13-16-15-11(20-13)7-19-10-6-4-3-5-9(10)14/h3-6H,2,7-8H2,1H3. The molecule has 0 aliphatic heterocycles. The number of esters is 1. The van der Waals surface area contributed by atoms with Gasteiger partial charge in [-0.1, -0.05) is 23.9 Å². The first kappa shape index (κ1) is 15.3. The number of hydrogen-bond donors (Lipinski definition) is 0. The largest absolute Gasteiger partial charge is 0.481 e. The minimum absolute atomic E-state index is 0.0477. The van der Waals surface area contributed by atoms with E-state index in [2.05, 4.69) is 10.2 Å². The Kier molecular flexibility index (Phi) is 5.56. The number of para-hydroxylation sites is 1. The van der Waals surface area contributed by atoms with E-state index in [0.29, 0.717) is 6.61 Å². The number of carbonyl (C=O) groups excluding carboxylic acids is 1. The summed E-state index contributed by atoms with van der Waals surface area (Å²) < 4.78 is 28.6. The first-order valence-electron chi connectivity index (χ1n) is 6.17. The second-order valence-corrected chi connectivity index (χ2v) is 4.70. The summed E-state index contributed by atoms with van der Waals surface area (Å²) in [5.41, 5.74) is 0. The highest BCUT2D eigenvalue weighted by atomic mass is 32.2. The van der Waals surface area contributed by atoms with Crippen molar-refractivity contribution in [2.75, 3.05) is 12.4 Å². The predicted octanol–water partition coefficient (Wildman–Crippen LogP) is 2.44. The summed E-state index contributed by atoms with van der Waals surface area (Å²) in [6.07, 6.45) is 0. The van der Waals surface area contributed by atoms with Crippen molar-refractivity contribution in [3.05, 3.63) is 36.0 Å². The van der Waals surface area contributed by atoms with Gasteiger partial charge in [-0.15, -0.1) is 10.2 Å². The van der Waals surface area contributed by atoms with E-state index in [9.17, 15) is 9.18 Å². The lowest BCUT2D eigenvalue weighted by Gasteiger charge is -2.03. The normalized spacial score (nSPS) is 10.4. The van der Waals surface area contributed by atoms with Crippen molar-refractivity contribution in [2.45, 2.75) is 18.8 Å². The third kappa shape index (κ3) is 4.75. The van der Waals surface area contributed by atoms with Crippen LogP contribution in [0, 0.1) is 5.82 Å². The predicted molar refractivity (Wildman–Crippen MR) is 72.4 cm³/mol. The van der Waals surface area contributed by atoms with Gasteiger partial charge in [0.1, 0.15) is 5.75 Å². The lowest BCUT2D eigenvalue weighted by molar-refractivity contribution is -0.139. The van der Waals surface area contributed by atoms with E-state index >= 15 is 0 Å². The molecule has 1 aromatic carbocycles. The summed E-state index contributed by atoms with van der Waals surface area (Å²) in [6, 6.07) is 6.03. The molecule has 0 spiro atoms. The van der Waals surface area contributed by atoms with Crippen molar-refractivity contribution < 1.29 is 23.1 Å². The Morgan fingerprint density at radius 2 is 2.19 bits per heavy atom. The van der Waals surface area contributed by atoms with Crippen LogP contribution in [0.4, 0.5) is 4.39 Å². The van der Waals surface area contributed by atoms with Gasteiger partial charge in [-0.25, -0.2) is 4.39 Å². The van der Waals surface area contributed by atoms with Crippen molar-refractivity contribution in [1.29, 1.82) is 0 Å². The van der Waals surface area contributed by atoms with Gasteiger partial charge in [0.2, 0.25) is 0 Å². The second kappa shape index (κ2) is 7.63. The molecule has 0 saturated heterocycles. The molecule has 0 aliphatic carbocycles. The van der Waals surface area contributed by atoms with Crippen LogP contribution >= 0.6 is 11.8 Å². The van der Waals surface area contributed by atoms with Crippen LogP contribution in [0.3, 0.4) is 0 Å². The number of thioether (sulfide) groups is 1. The number of ether oxygens (including phenoxy) is 2. The molecule has 1 heterocycles. The van der Waals surface area contributed by atoms with E-state index in [1.165, 1.54) is 12.1 Å². The van der Waals surface area contributed by atoms with Crippen LogP contribution in [0.1, 0.15) is 12.8 Å². The van der Waals surface area contributed by atoms with Gasteiger partial charge in [-0.05, 0) is 19.1 Å². The molecule has 112 valence electrons. The van der Waals surface area contributed by atoms with Gasteiger partial charge in [-0.3, -0.25) is 4.79 Å². The van der Waals surface area contributed by atoms with Gasteiger partial charge in [0.15, 0.2) is 18.2 Å². The quantitative estimate of drug-likeness (QED) is 0.574. The third-order valence-electron chi connectivity index (χ3n) is 2.25. The van der Waals surface area contributed by atoms with Crippen LogP contribution in [0.2, 0.25) is 0 Å². The van der Waals surface area contributed by atoms with Gasteiger partial charge >= 0.3 is 5.97 Å². The Labute approximate surface area is 124 Å². The number of halogens is 1. The Bertz CT molecular complexity index is 605. The first-order chi connectivity index (χ1) is 10.2. The van der Waals surface area contributed by atoms with Crippen molar-refractivity contribution in [1.82, 2.24) is 10.2 Å². The Morgan fingerprint density at radius 3 is 2.95 bits per heavy atom. The third-order valence-corrected chi connectivity index (χ3v) is 3.05. The van der Waals surface area contributed by atoms with E-state index < -0.39 is 5.82 Å². The highest BCUT2D eigenvalue weighted by Crippen LogP contribution is 2.19. The minimum Gasteiger partial charge on any atom is -0.481 e. The maximum atomic E-state index is 13.3. The van der Waals surface area contributed by atoms with E-state index in [4.69, 9.17) is 13.9 Å². The monoisotopic (exact) mass is 312 g/mol. The fourth-order valence-electron chi connectivity index (χ4n) is 1.38. The SMILES string of the molecule is CCOC(=O)CSc1nnc(COc2ccccc2F)o1. The molecule has 2 rings (SSSR count). The molecular formula is C13H13FN2O4S. The molecule has 0 aliphatic rings. The van der Waals surface area contributed by atoms with Crippen LogP contribution in [0.5, 0.6) is 5.75 Å². The molecule has 0 radical (unpaired) electrons. The summed E-state index contributed by atoms with van der Waals surface area (Å²) >= 11 is 1.07. The number of carbonyl (C=O) groups is 1. The molecule has 0 amide bonds. The molecule has 0 unspecified atom stereocenters. The van der Waals surface area contributed by atoms with Gasteiger partial charge in [0.05, 0.1) is 6.61 Å². The molecule has 0 N–H and O–H groups in total. The molecule has 8 heteroatoms. The molecule has 21 heavy (non-hydrogen) atoms. The summed E-state index contributed by atoms with van der Waals surface area (Å²) in [7, 11) is 0. The van der Waals surface area contributed by atoms with Gasteiger partial charge < -0.3 is 13.9 Å². The smallest absolute Gasteiger partial charge is 0.316 e. The summed E-state index contributed by atoms with van der Waals surface area (Å²) in [4.78, 5) is 11.2. The van der Waals surface area contributed by atoms with Gasteiger partial charge in [0.25, 0.3) is 11.1 Å². The zero-order chi connectivity index (χ0) is 15.1. The molecule has 0 saturated carbocycles. The van der Waals surface area contributed by atoms with Crippen molar-refractivity contribution in [3.63, 3.8) is 0 Å². The second-order valence-electron chi connectivity index (χ2n) is 3.77. The molecule has 1 aromatic heterocycles. The van der Waals surface area contributed by atoms with E-state index in [1.807, 2.05) is 0 Å². The van der Waals surface area contributed by atoms with E-state index in [1.54, 1.807) is 19.1 Å². The Morgan fingerprint density at radius 1 is 1.38 bits per heavy atom. The van der Waals surface area contributed by atoms with Crippen LogP contribution in [-0.2, 0) is 16.1 Å². The molecule has 6 nitrogen and oxygen atoms in total.